The summed E-state index contributed by atoms with van der Waals surface area (Å²) in [6.45, 7) is 4.43. The molecule has 0 bridgehead atoms. The van der Waals surface area contributed by atoms with Gasteiger partial charge in [-0.05, 0) is 70.0 Å². The Morgan fingerprint density at radius 3 is 2.35 bits per heavy atom. The van der Waals surface area contributed by atoms with E-state index in [-0.39, 0.29) is 36.3 Å². The van der Waals surface area contributed by atoms with E-state index in [0.717, 1.165) is 22.8 Å². The summed E-state index contributed by atoms with van der Waals surface area (Å²) in [7, 11) is 6.80. The second-order valence-electron chi connectivity index (χ2n) is 12.2. The van der Waals surface area contributed by atoms with E-state index in [2.05, 4.69) is 5.32 Å². The fourth-order valence-corrected chi connectivity index (χ4v) is 6.94. The van der Waals surface area contributed by atoms with Gasteiger partial charge >= 0.3 is 0 Å². The molecule has 2 aromatic rings. The Bertz CT molecular complexity index is 1600. The molecule has 1 heterocycles. The lowest BCUT2D eigenvalue weighted by atomic mass is 9.57. The van der Waals surface area contributed by atoms with Crippen molar-refractivity contribution in [3.63, 3.8) is 0 Å². The van der Waals surface area contributed by atoms with Crippen LogP contribution >= 0.6 is 0 Å². The zero-order valence-electron chi connectivity index (χ0n) is 25.1. The van der Waals surface area contributed by atoms with Gasteiger partial charge in [-0.25, -0.2) is 0 Å². The summed E-state index contributed by atoms with van der Waals surface area (Å²) in [6, 6.07) is 2.62. The number of likely N-dealkylation sites (N-methyl/N-ethyl adjacent to an activating group) is 1. The normalized spacial score (nSPS) is 25.2. The van der Waals surface area contributed by atoms with Crippen LogP contribution in [0, 0.1) is 25.7 Å². The van der Waals surface area contributed by atoms with Crippen molar-refractivity contribution < 1.29 is 39.2 Å². The first-order valence-electron chi connectivity index (χ1n) is 14.1. The number of carbonyl (C=O) groups excluding carboxylic acids is 3. The van der Waals surface area contributed by atoms with Gasteiger partial charge in [-0.3, -0.25) is 19.3 Å². The number of aliphatic hydroxyl groups excluding tert-OH is 2. The minimum absolute atomic E-state index is 0.0324. The SMILES string of the molecule is Cc1cc(CNCc2cc(N(C)C)c3c(c2O)C(O)=C2C(=O)[C@]4(O)C(O)=C(C(N)=O)C(=O)[C@@H](N(C)C)[C@@H]4C[C@@H]2C3)oc1C. The number of phenols is 1. The minimum Gasteiger partial charge on any atom is -0.508 e. The van der Waals surface area contributed by atoms with Gasteiger partial charge in [0.2, 0.25) is 5.78 Å². The monoisotopic (exact) mass is 594 g/mol. The minimum atomic E-state index is -2.68. The molecule has 12 nitrogen and oxygen atoms in total. The van der Waals surface area contributed by atoms with Gasteiger partial charge in [-0.1, -0.05) is 0 Å². The van der Waals surface area contributed by atoms with E-state index in [9.17, 15) is 34.8 Å². The standard InChI is InChI=1S/C31H38N4O8/c1-13-7-17(43-14(13)2)12-33-11-16-10-20(34(3)4)18-8-15-9-19-24(35(5)6)27(38)23(30(32)41)29(40)31(19,42)28(39)21(15)26(37)22(18)25(16)36/h7,10,15,19,24,33,36-37,40,42H,8-9,11-12H2,1-6H3,(H2,32,41)/t15-,19-,24-,31-/m0/s1. The molecule has 1 saturated carbocycles. The van der Waals surface area contributed by atoms with Crippen LogP contribution in [0.1, 0.15) is 40.2 Å². The molecule has 4 atom stereocenters. The Morgan fingerprint density at radius 1 is 1.12 bits per heavy atom. The highest BCUT2D eigenvalue weighted by atomic mass is 16.4. The van der Waals surface area contributed by atoms with Gasteiger partial charge in [0.05, 0.1) is 18.2 Å². The third kappa shape index (κ3) is 4.52. The highest BCUT2D eigenvalue weighted by Crippen LogP contribution is 2.54. The van der Waals surface area contributed by atoms with Crippen LogP contribution in [-0.2, 0) is 33.9 Å². The highest BCUT2D eigenvalue weighted by molar-refractivity contribution is 6.24. The van der Waals surface area contributed by atoms with Crippen LogP contribution in [0.15, 0.2) is 33.5 Å². The molecule has 230 valence electrons. The fourth-order valence-electron chi connectivity index (χ4n) is 6.94. The quantitative estimate of drug-likeness (QED) is 0.255. The molecule has 5 rings (SSSR count). The summed E-state index contributed by atoms with van der Waals surface area (Å²) in [5, 5.41) is 49.1. The molecule has 43 heavy (non-hydrogen) atoms. The summed E-state index contributed by atoms with van der Waals surface area (Å²) >= 11 is 0. The van der Waals surface area contributed by atoms with Crippen molar-refractivity contribution in [2.24, 2.45) is 17.6 Å². The number of nitrogens with two attached hydrogens (primary N) is 1. The number of furan rings is 1. The highest BCUT2D eigenvalue weighted by Gasteiger charge is 2.64. The van der Waals surface area contributed by atoms with Crippen molar-refractivity contribution in [3.05, 3.63) is 62.8 Å². The van der Waals surface area contributed by atoms with E-state index < -0.39 is 58.0 Å². The molecule has 7 N–H and O–H groups in total. The van der Waals surface area contributed by atoms with E-state index in [0.29, 0.717) is 17.7 Å². The van der Waals surface area contributed by atoms with Crippen molar-refractivity contribution in [1.82, 2.24) is 10.2 Å². The number of Topliss-reactive ketones (excluding diaryl/α,β-unsaturated/α-hetero) is 2. The van der Waals surface area contributed by atoms with Crippen LogP contribution in [0.25, 0.3) is 5.76 Å². The Labute approximate surface area is 249 Å². The van der Waals surface area contributed by atoms with E-state index in [4.69, 9.17) is 10.2 Å². The first-order chi connectivity index (χ1) is 20.1. The largest absolute Gasteiger partial charge is 0.508 e. The first kappa shape index (κ1) is 30.3. The average molecular weight is 595 g/mol. The number of amides is 1. The Hall–Kier alpha value is -4.13. The van der Waals surface area contributed by atoms with Crippen LogP contribution in [0.4, 0.5) is 5.69 Å². The first-order valence-corrected chi connectivity index (χ1v) is 14.1. The average Bonchev–Trinajstić information content (AvgIpc) is 3.23. The van der Waals surface area contributed by atoms with Crippen LogP contribution in [0.2, 0.25) is 0 Å². The number of hydrogen-bond acceptors (Lipinski definition) is 11. The number of rotatable bonds is 7. The lowest BCUT2D eigenvalue weighted by Gasteiger charge is -2.50. The summed E-state index contributed by atoms with van der Waals surface area (Å²) in [4.78, 5) is 42.9. The Balaban J connectivity index is 1.61. The summed E-state index contributed by atoms with van der Waals surface area (Å²) in [6.07, 6.45) is 0.249. The molecular formula is C31H38N4O8. The van der Waals surface area contributed by atoms with Crippen molar-refractivity contribution in [3.8, 4) is 5.75 Å². The molecule has 0 saturated heterocycles. The third-order valence-electron chi connectivity index (χ3n) is 9.09. The predicted molar refractivity (Wildman–Crippen MR) is 157 cm³/mol. The number of nitrogens with zero attached hydrogens (tertiary/aromatic N) is 2. The smallest absolute Gasteiger partial charge is 0.255 e. The van der Waals surface area contributed by atoms with Crippen molar-refractivity contribution >= 4 is 28.9 Å². The Morgan fingerprint density at radius 2 is 1.79 bits per heavy atom. The maximum Gasteiger partial charge on any atom is 0.255 e. The van der Waals surface area contributed by atoms with Crippen LogP contribution in [-0.4, -0.2) is 82.6 Å². The summed E-state index contributed by atoms with van der Waals surface area (Å²) < 4.78 is 5.72. The van der Waals surface area contributed by atoms with Gasteiger partial charge in [-0.15, -0.1) is 0 Å². The number of phenolic OH excluding ortho intramolecular Hbond substituents is 1. The lowest BCUT2D eigenvalue weighted by molar-refractivity contribution is -0.153. The van der Waals surface area contributed by atoms with Crippen LogP contribution in [0.5, 0.6) is 5.75 Å². The molecular weight excluding hydrogens is 556 g/mol. The number of benzene rings is 1. The number of aryl methyl sites for hydroxylation is 2. The molecule has 3 aliphatic rings. The van der Waals surface area contributed by atoms with Gasteiger partial charge in [0.25, 0.3) is 5.91 Å². The maximum atomic E-state index is 14.1. The molecule has 0 unspecified atom stereocenters. The van der Waals surface area contributed by atoms with Gasteiger partial charge in [-0.2, -0.15) is 0 Å². The third-order valence-corrected chi connectivity index (χ3v) is 9.09. The fraction of sp³-hybridized carbons (Fsp3) is 0.452. The molecule has 1 aromatic carbocycles. The molecule has 1 fully saturated rings. The van der Waals surface area contributed by atoms with Gasteiger partial charge < -0.3 is 40.8 Å². The summed E-state index contributed by atoms with van der Waals surface area (Å²) in [5.74, 6) is -5.16. The predicted octanol–water partition coefficient (Wildman–Crippen LogP) is 1.53. The Kier molecular flexibility index (Phi) is 7.44. The van der Waals surface area contributed by atoms with Gasteiger partial charge in [0.1, 0.15) is 34.4 Å². The zero-order valence-corrected chi connectivity index (χ0v) is 25.1. The van der Waals surface area contributed by atoms with Crippen molar-refractivity contribution in [2.75, 3.05) is 33.1 Å². The molecule has 0 aliphatic heterocycles. The number of primary amides is 1. The van der Waals surface area contributed by atoms with Crippen LogP contribution < -0.4 is 16.0 Å². The van der Waals surface area contributed by atoms with E-state index in [1.807, 2.05) is 45.0 Å². The summed E-state index contributed by atoms with van der Waals surface area (Å²) in [5.41, 5.74) is 4.57. The second kappa shape index (κ2) is 10.5. The lowest BCUT2D eigenvalue weighted by Crippen LogP contribution is -2.65. The molecule has 3 aliphatic carbocycles. The molecule has 12 heteroatoms. The topological polar surface area (TPSA) is 190 Å². The number of hydrogen-bond donors (Lipinski definition) is 6. The molecule has 0 spiro atoms. The number of carbonyl (C=O) groups is 3. The zero-order chi connectivity index (χ0) is 31.7. The number of aliphatic hydroxyl groups is 3. The number of aromatic hydroxyl groups is 1. The maximum absolute atomic E-state index is 14.1. The van der Waals surface area contributed by atoms with Gasteiger partial charge in [0, 0.05) is 43.4 Å². The number of ketones is 2. The van der Waals surface area contributed by atoms with E-state index in [1.54, 1.807) is 14.1 Å². The van der Waals surface area contributed by atoms with E-state index in [1.165, 1.54) is 4.90 Å². The number of anilines is 1. The van der Waals surface area contributed by atoms with Crippen LogP contribution in [0.3, 0.4) is 0 Å². The molecule has 1 aromatic heterocycles. The van der Waals surface area contributed by atoms with Crippen molar-refractivity contribution in [1.29, 1.82) is 0 Å². The number of fused-ring (bicyclic) bond motifs is 3. The van der Waals surface area contributed by atoms with Gasteiger partial charge in [0.15, 0.2) is 11.4 Å². The molecule has 0 radical (unpaired) electrons. The second-order valence-corrected chi connectivity index (χ2v) is 12.2. The molecule has 1 amide bonds. The van der Waals surface area contributed by atoms with Crippen molar-refractivity contribution in [2.45, 2.75) is 51.4 Å². The number of nitrogens with one attached hydrogen (secondary N) is 1. The van der Waals surface area contributed by atoms with E-state index >= 15 is 0 Å².